The highest BCUT2D eigenvalue weighted by molar-refractivity contribution is 9.10. The first-order chi connectivity index (χ1) is 9.10. The molecule has 1 aliphatic rings. The van der Waals surface area contributed by atoms with Crippen LogP contribution in [0.3, 0.4) is 0 Å². The van der Waals surface area contributed by atoms with E-state index in [9.17, 15) is 4.79 Å². The maximum absolute atomic E-state index is 12.1. The minimum Gasteiger partial charge on any atom is -0.365 e. The summed E-state index contributed by atoms with van der Waals surface area (Å²) in [5.41, 5.74) is 6.70. The average molecular weight is 329 g/mol. The van der Waals surface area contributed by atoms with E-state index in [-0.39, 0.29) is 11.6 Å². The molecule has 0 saturated carbocycles. The molecule has 2 rings (SSSR count). The Balaban J connectivity index is 2.40. The Morgan fingerprint density at radius 3 is 2.95 bits per heavy atom. The number of aromatic nitrogens is 2. The molecular formula is C13H21BrN4O. The fourth-order valence-electron chi connectivity index (χ4n) is 2.79. The third-order valence-corrected chi connectivity index (χ3v) is 4.68. The second kappa shape index (κ2) is 6.05. The minimum atomic E-state index is -0.0750. The molecule has 0 aromatic carbocycles. The lowest BCUT2D eigenvalue weighted by Crippen LogP contribution is -2.49. The maximum atomic E-state index is 12.1. The summed E-state index contributed by atoms with van der Waals surface area (Å²) in [6.07, 6.45) is 4.09. The number of aryl methyl sites for hydroxylation is 1. The third-order valence-electron chi connectivity index (χ3n) is 3.93. The highest BCUT2D eigenvalue weighted by Crippen LogP contribution is 2.31. The zero-order valence-electron chi connectivity index (χ0n) is 11.5. The molecule has 2 atom stereocenters. The van der Waals surface area contributed by atoms with Crippen LogP contribution in [-0.4, -0.2) is 28.9 Å². The summed E-state index contributed by atoms with van der Waals surface area (Å²) in [5.74, 6) is 0.541. The van der Waals surface area contributed by atoms with E-state index in [0.717, 1.165) is 18.7 Å². The van der Waals surface area contributed by atoms with E-state index in [4.69, 9.17) is 5.73 Å². The number of rotatable bonds is 3. The Labute approximate surface area is 121 Å². The number of nitrogens with two attached hydrogens (primary N) is 1. The molecule has 1 aliphatic heterocycles. The summed E-state index contributed by atoms with van der Waals surface area (Å²) < 4.78 is 2.05. The van der Waals surface area contributed by atoms with Gasteiger partial charge in [0.2, 0.25) is 0 Å². The van der Waals surface area contributed by atoms with Crippen LogP contribution in [0.25, 0.3) is 0 Å². The van der Waals surface area contributed by atoms with Crippen LogP contribution in [0.4, 0.5) is 5.69 Å². The first-order valence-electron chi connectivity index (χ1n) is 6.82. The zero-order valence-corrected chi connectivity index (χ0v) is 13.1. The SMILES string of the molecule is CCn1ncc(N2CCCC(C)C2CN)c(Br)c1=O. The number of piperidine rings is 1. The second-order valence-corrected chi connectivity index (χ2v) is 5.87. The van der Waals surface area contributed by atoms with Gasteiger partial charge in [-0.3, -0.25) is 4.79 Å². The van der Waals surface area contributed by atoms with E-state index in [1.54, 1.807) is 6.20 Å². The zero-order chi connectivity index (χ0) is 14.0. The number of hydrogen-bond acceptors (Lipinski definition) is 4. The van der Waals surface area contributed by atoms with Gasteiger partial charge in [-0.25, -0.2) is 4.68 Å². The number of anilines is 1. The monoisotopic (exact) mass is 328 g/mol. The van der Waals surface area contributed by atoms with Crippen molar-refractivity contribution >= 4 is 21.6 Å². The van der Waals surface area contributed by atoms with Gasteiger partial charge in [0.15, 0.2) is 0 Å². The van der Waals surface area contributed by atoms with Crippen LogP contribution < -0.4 is 16.2 Å². The highest BCUT2D eigenvalue weighted by Gasteiger charge is 2.29. The molecule has 0 amide bonds. The first-order valence-corrected chi connectivity index (χ1v) is 7.61. The quantitative estimate of drug-likeness (QED) is 0.915. The molecule has 0 radical (unpaired) electrons. The number of nitrogens with zero attached hydrogens (tertiary/aromatic N) is 3. The maximum Gasteiger partial charge on any atom is 0.283 e. The van der Waals surface area contributed by atoms with Gasteiger partial charge in [0.05, 0.1) is 11.9 Å². The smallest absolute Gasteiger partial charge is 0.283 e. The van der Waals surface area contributed by atoms with Gasteiger partial charge in [-0.1, -0.05) is 6.92 Å². The number of halogens is 1. The van der Waals surface area contributed by atoms with Gasteiger partial charge in [-0.15, -0.1) is 0 Å². The first kappa shape index (κ1) is 14.5. The van der Waals surface area contributed by atoms with Crippen LogP contribution in [0.15, 0.2) is 15.5 Å². The standard InChI is InChI=1S/C13H21BrN4O/c1-3-18-13(19)12(14)11(8-16-18)17-6-4-5-9(2)10(17)7-15/h8-10H,3-7,15H2,1-2H3. The summed E-state index contributed by atoms with van der Waals surface area (Å²) in [7, 11) is 0. The largest absolute Gasteiger partial charge is 0.365 e. The summed E-state index contributed by atoms with van der Waals surface area (Å²) in [6.45, 7) is 6.24. The summed E-state index contributed by atoms with van der Waals surface area (Å²) in [6, 6.07) is 0.281. The van der Waals surface area contributed by atoms with E-state index < -0.39 is 0 Å². The lowest BCUT2D eigenvalue weighted by molar-refractivity contribution is 0.349. The minimum absolute atomic E-state index is 0.0750. The molecule has 0 spiro atoms. The molecule has 0 bridgehead atoms. The number of hydrogen-bond donors (Lipinski definition) is 1. The molecule has 0 aliphatic carbocycles. The van der Waals surface area contributed by atoms with Crippen molar-refractivity contribution in [1.29, 1.82) is 0 Å². The third kappa shape index (κ3) is 2.69. The summed E-state index contributed by atoms with van der Waals surface area (Å²) in [4.78, 5) is 14.4. The topological polar surface area (TPSA) is 64.2 Å². The molecule has 2 unspecified atom stereocenters. The molecule has 1 saturated heterocycles. The van der Waals surface area contributed by atoms with Gasteiger partial charge in [0.25, 0.3) is 5.56 Å². The Kier molecular flexibility index (Phi) is 4.62. The van der Waals surface area contributed by atoms with Gasteiger partial charge in [-0.2, -0.15) is 5.10 Å². The van der Waals surface area contributed by atoms with Gasteiger partial charge >= 0.3 is 0 Å². The predicted molar refractivity (Wildman–Crippen MR) is 80.5 cm³/mol. The average Bonchev–Trinajstić information content (AvgIpc) is 2.41. The van der Waals surface area contributed by atoms with E-state index in [1.165, 1.54) is 11.1 Å². The Morgan fingerprint density at radius 1 is 1.58 bits per heavy atom. The predicted octanol–water partition coefficient (Wildman–Crippen LogP) is 1.59. The van der Waals surface area contributed by atoms with Crippen LogP contribution >= 0.6 is 15.9 Å². The van der Waals surface area contributed by atoms with Gasteiger partial charge in [-0.05, 0) is 41.6 Å². The van der Waals surface area contributed by atoms with Crippen molar-refractivity contribution in [3.05, 3.63) is 21.0 Å². The summed E-state index contributed by atoms with van der Waals surface area (Å²) >= 11 is 3.43. The summed E-state index contributed by atoms with van der Waals surface area (Å²) in [5, 5.41) is 4.22. The Morgan fingerprint density at radius 2 is 2.32 bits per heavy atom. The molecule has 106 valence electrons. The molecule has 1 aromatic rings. The second-order valence-electron chi connectivity index (χ2n) is 5.08. The van der Waals surface area contributed by atoms with E-state index in [1.807, 2.05) is 6.92 Å². The molecule has 1 aromatic heterocycles. The fraction of sp³-hybridized carbons (Fsp3) is 0.692. The van der Waals surface area contributed by atoms with Crippen molar-refractivity contribution in [3.8, 4) is 0 Å². The van der Waals surface area contributed by atoms with Crippen molar-refractivity contribution < 1.29 is 0 Å². The van der Waals surface area contributed by atoms with Crippen LogP contribution in [0, 0.1) is 5.92 Å². The van der Waals surface area contributed by atoms with Gasteiger partial charge in [0.1, 0.15) is 4.47 Å². The highest BCUT2D eigenvalue weighted by atomic mass is 79.9. The van der Waals surface area contributed by atoms with Crippen molar-refractivity contribution in [2.24, 2.45) is 11.7 Å². The molecular weight excluding hydrogens is 308 g/mol. The fourth-order valence-corrected chi connectivity index (χ4v) is 3.32. The Hall–Kier alpha value is -0.880. The van der Waals surface area contributed by atoms with E-state index in [0.29, 0.717) is 23.5 Å². The van der Waals surface area contributed by atoms with E-state index >= 15 is 0 Å². The van der Waals surface area contributed by atoms with Crippen molar-refractivity contribution in [2.75, 3.05) is 18.0 Å². The van der Waals surface area contributed by atoms with Crippen LogP contribution in [0.2, 0.25) is 0 Å². The van der Waals surface area contributed by atoms with Crippen LogP contribution in [0.1, 0.15) is 26.7 Å². The molecule has 2 N–H and O–H groups in total. The normalized spacial score (nSPS) is 23.7. The Bertz CT molecular complexity index is 502. The lowest BCUT2D eigenvalue weighted by Gasteiger charge is -2.41. The van der Waals surface area contributed by atoms with Crippen LogP contribution in [0.5, 0.6) is 0 Å². The van der Waals surface area contributed by atoms with Gasteiger partial charge in [0, 0.05) is 25.7 Å². The van der Waals surface area contributed by atoms with Crippen molar-refractivity contribution in [3.63, 3.8) is 0 Å². The molecule has 5 nitrogen and oxygen atoms in total. The molecule has 6 heteroatoms. The molecule has 1 fully saturated rings. The van der Waals surface area contributed by atoms with Crippen molar-refractivity contribution in [1.82, 2.24) is 9.78 Å². The lowest BCUT2D eigenvalue weighted by atomic mass is 9.90. The van der Waals surface area contributed by atoms with Crippen LogP contribution in [-0.2, 0) is 6.54 Å². The van der Waals surface area contributed by atoms with Gasteiger partial charge < -0.3 is 10.6 Å². The molecule has 2 heterocycles. The molecule has 19 heavy (non-hydrogen) atoms. The van der Waals surface area contributed by atoms with E-state index in [2.05, 4.69) is 32.9 Å². The van der Waals surface area contributed by atoms with Crippen molar-refractivity contribution in [2.45, 2.75) is 39.3 Å².